The molecule has 7 nitrogen and oxygen atoms in total. The van der Waals surface area contributed by atoms with Crippen molar-refractivity contribution in [3.8, 4) is 5.75 Å². The lowest BCUT2D eigenvalue weighted by Crippen LogP contribution is -2.44. The van der Waals surface area contributed by atoms with Gasteiger partial charge in [0.15, 0.2) is 0 Å². The number of hydrogen-bond acceptors (Lipinski definition) is 4. The van der Waals surface area contributed by atoms with Gasteiger partial charge < -0.3 is 19.9 Å². The van der Waals surface area contributed by atoms with Gasteiger partial charge in [0.1, 0.15) is 5.75 Å². The van der Waals surface area contributed by atoms with Gasteiger partial charge in [-0.3, -0.25) is 14.4 Å². The minimum Gasteiger partial charge on any atom is -0.497 e. The minimum absolute atomic E-state index is 0.00131. The highest BCUT2D eigenvalue weighted by Crippen LogP contribution is 2.42. The number of benzene rings is 2. The van der Waals surface area contributed by atoms with Crippen LogP contribution in [-0.4, -0.2) is 54.3 Å². The van der Waals surface area contributed by atoms with Crippen molar-refractivity contribution in [2.75, 3.05) is 32.1 Å². The summed E-state index contributed by atoms with van der Waals surface area (Å²) in [4.78, 5) is 41.2. The summed E-state index contributed by atoms with van der Waals surface area (Å²) in [5, 5.41) is 2.80. The average molecular weight is 434 g/mol. The monoisotopic (exact) mass is 433 g/mol. The van der Waals surface area contributed by atoms with E-state index >= 15 is 0 Å². The molecule has 1 N–H and O–H groups in total. The molecule has 0 aromatic heterocycles. The van der Waals surface area contributed by atoms with Crippen LogP contribution in [0.5, 0.6) is 5.75 Å². The molecular weight excluding hydrogens is 406 g/mol. The van der Waals surface area contributed by atoms with Gasteiger partial charge in [0, 0.05) is 49.3 Å². The van der Waals surface area contributed by atoms with Crippen molar-refractivity contribution in [1.29, 1.82) is 0 Å². The number of fused-ring (bicyclic) bond motifs is 1. The summed E-state index contributed by atoms with van der Waals surface area (Å²) in [7, 11) is 1.64. The molecule has 7 heteroatoms. The molecule has 0 atom stereocenters. The van der Waals surface area contributed by atoms with E-state index in [4.69, 9.17) is 4.74 Å². The predicted molar refractivity (Wildman–Crippen MR) is 119 cm³/mol. The largest absolute Gasteiger partial charge is 0.497 e. The molecule has 0 bridgehead atoms. The first-order valence-corrected chi connectivity index (χ1v) is 11.1. The summed E-state index contributed by atoms with van der Waals surface area (Å²) in [6.45, 7) is 2.65. The molecular formula is C25H27N3O4. The Morgan fingerprint density at radius 1 is 1.09 bits per heavy atom. The Balaban J connectivity index is 1.20. The highest BCUT2D eigenvalue weighted by molar-refractivity contribution is 6.01. The molecule has 2 saturated heterocycles. The number of nitrogens with zero attached hydrogens (tertiary/aromatic N) is 2. The molecule has 2 fully saturated rings. The van der Waals surface area contributed by atoms with Gasteiger partial charge in [0.2, 0.25) is 11.8 Å². The third-order valence-electron chi connectivity index (χ3n) is 7.03. The third kappa shape index (κ3) is 3.83. The first-order chi connectivity index (χ1) is 15.4. The average Bonchev–Trinajstić information content (AvgIpc) is 3.32. The maximum absolute atomic E-state index is 13.0. The topological polar surface area (TPSA) is 79.0 Å². The number of carbonyl (C=O) groups excluding carboxylic acids is 3. The van der Waals surface area contributed by atoms with Gasteiger partial charge in [-0.25, -0.2) is 0 Å². The smallest absolute Gasteiger partial charge is 0.253 e. The molecule has 2 aromatic carbocycles. The normalized spacial score (nSPS) is 19.3. The number of ether oxygens (including phenoxy) is 1. The molecule has 0 aliphatic carbocycles. The first kappa shape index (κ1) is 20.5. The van der Waals surface area contributed by atoms with Crippen LogP contribution in [0.4, 0.5) is 5.69 Å². The summed E-state index contributed by atoms with van der Waals surface area (Å²) < 4.78 is 5.21. The number of piperidine rings is 1. The summed E-state index contributed by atoms with van der Waals surface area (Å²) in [6, 6.07) is 13.3. The summed E-state index contributed by atoms with van der Waals surface area (Å²) >= 11 is 0. The molecule has 0 radical (unpaired) electrons. The highest BCUT2D eigenvalue weighted by Gasteiger charge is 2.45. The Bertz CT molecular complexity index is 1070. The third-order valence-corrected chi connectivity index (χ3v) is 7.03. The van der Waals surface area contributed by atoms with Gasteiger partial charge in [-0.2, -0.15) is 0 Å². The van der Waals surface area contributed by atoms with Crippen molar-refractivity contribution in [3.63, 3.8) is 0 Å². The molecule has 3 heterocycles. The Hall–Kier alpha value is -3.35. The SMILES string of the molecule is COc1ccc(CN2CC3(CCN(C(=O)c4ccc5c(c4)CC(=O)N5)CC3)CC2=O)cc1. The molecule has 0 saturated carbocycles. The fourth-order valence-corrected chi connectivity index (χ4v) is 5.14. The van der Waals surface area contributed by atoms with Crippen molar-refractivity contribution in [2.45, 2.75) is 32.2 Å². The van der Waals surface area contributed by atoms with E-state index < -0.39 is 0 Å². The number of carbonyl (C=O) groups is 3. The number of rotatable bonds is 4. The van der Waals surface area contributed by atoms with Crippen molar-refractivity contribution in [2.24, 2.45) is 5.41 Å². The van der Waals surface area contributed by atoms with Gasteiger partial charge in [0.05, 0.1) is 13.5 Å². The fraction of sp³-hybridized carbons (Fsp3) is 0.400. The molecule has 3 amide bonds. The number of nitrogens with one attached hydrogen (secondary N) is 1. The van der Waals surface area contributed by atoms with Crippen LogP contribution in [0.1, 0.15) is 40.7 Å². The quantitative estimate of drug-likeness (QED) is 0.804. The second-order valence-electron chi connectivity index (χ2n) is 9.16. The van der Waals surface area contributed by atoms with Crippen LogP contribution in [0.25, 0.3) is 0 Å². The summed E-state index contributed by atoms with van der Waals surface area (Å²) in [5.41, 5.74) is 3.35. The van der Waals surface area contributed by atoms with Crippen molar-refractivity contribution < 1.29 is 19.1 Å². The lowest BCUT2D eigenvalue weighted by atomic mass is 9.77. The van der Waals surface area contributed by atoms with Crippen LogP contribution in [-0.2, 0) is 22.6 Å². The minimum atomic E-state index is -0.0470. The maximum Gasteiger partial charge on any atom is 0.253 e. The second kappa shape index (κ2) is 7.97. The number of hydrogen-bond donors (Lipinski definition) is 1. The van der Waals surface area contributed by atoms with E-state index in [0.717, 1.165) is 42.0 Å². The van der Waals surface area contributed by atoms with Crippen LogP contribution in [0, 0.1) is 5.41 Å². The molecule has 3 aliphatic rings. The zero-order valence-corrected chi connectivity index (χ0v) is 18.2. The summed E-state index contributed by atoms with van der Waals surface area (Å²) in [6.07, 6.45) is 2.53. The van der Waals surface area contributed by atoms with E-state index in [-0.39, 0.29) is 23.1 Å². The van der Waals surface area contributed by atoms with E-state index in [2.05, 4.69) is 5.32 Å². The number of methoxy groups -OCH3 is 1. The molecule has 1 spiro atoms. The van der Waals surface area contributed by atoms with Crippen LogP contribution in [0.3, 0.4) is 0 Å². The van der Waals surface area contributed by atoms with Crippen LogP contribution in [0.2, 0.25) is 0 Å². The molecule has 5 rings (SSSR count). The molecule has 2 aromatic rings. The lowest BCUT2D eigenvalue weighted by Gasteiger charge is -2.39. The Kier molecular flexibility index (Phi) is 5.12. The first-order valence-electron chi connectivity index (χ1n) is 11.1. The van der Waals surface area contributed by atoms with Gasteiger partial charge in [-0.1, -0.05) is 12.1 Å². The van der Waals surface area contributed by atoms with Gasteiger partial charge in [-0.05, 0) is 54.3 Å². The Morgan fingerprint density at radius 3 is 2.56 bits per heavy atom. The van der Waals surface area contributed by atoms with Gasteiger partial charge in [0.25, 0.3) is 5.91 Å². The van der Waals surface area contributed by atoms with Crippen LogP contribution < -0.4 is 10.1 Å². The Morgan fingerprint density at radius 2 is 1.84 bits per heavy atom. The molecule has 3 aliphatic heterocycles. The standard InChI is InChI=1S/C25H27N3O4/c1-32-20-5-2-17(3-6-20)15-28-16-25(14-23(28)30)8-10-27(11-9-25)24(31)18-4-7-21-19(12-18)13-22(29)26-21/h2-7,12H,8-11,13-16H2,1H3,(H,26,29). The fourth-order valence-electron chi connectivity index (χ4n) is 5.14. The maximum atomic E-state index is 13.0. The van der Waals surface area contributed by atoms with E-state index in [1.165, 1.54) is 0 Å². The van der Waals surface area contributed by atoms with Crippen molar-refractivity contribution in [1.82, 2.24) is 9.80 Å². The lowest BCUT2D eigenvalue weighted by molar-refractivity contribution is -0.128. The van der Waals surface area contributed by atoms with Gasteiger partial charge in [-0.15, -0.1) is 0 Å². The predicted octanol–water partition coefficient (Wildman–Crippen LogP) is 2.84. The van der Waals surface area contributed by atoms with Crippen LogP contribution >= 0.6 is 0 Å². The van der Waals surface area contributed by atoms with Gasteiger partial charge >= 0.3 is 0 Å². The number of amides is 3. The summed E-state index contributed by atoms with van der Waals surface area (Å²) in [5.74, 6) is 0.966. The molecule has 32 heavy (non-hydrogen) atoms. The van der Waals surface area contributed by atoms with Crippen LogP contribution in [0.15, 0.2) is 42.5 Å². The number of likely N-dealkylation sites (tertiary alicyclic amines) is 2. The van der Waals surface area contributed by atoms with E-state index in [0.29, 0.717) is 38.0 Å². The van der Waals surface area contributed by atoms with E-state index in [1.807, 2.05) is 46.2 Å². The van der Waals surface area contributed by atoms with E-state index in [9.17, 15) is 14.4 Å². The number of anilines is 1. The Labute approximate surface area is 187 Å². The second-order valence-corrected chi connectivity index (χ2v) is 9.16. The zero-order chi connectivity index (χ0) is 22.3. The highest BCUT2D eigenvalue weighted by atomic mass is 16.5. The molecule has 166 valence electrons. The van der Waals surface area contributed by atoms with E-state index in [1.54, 1.807) is 13.2 Å². The molecule has 0 unspecified atom stereocenters. The van der Waals surface area contributed by atoms with Crippen molar-refractivity contribution >= 4 is 23.4 Å². The zero-order valence-electron chi connectivity index (χ0n) is 18.2. The van der Waals surface area contributed by atoms with Crippen molar-refractivity contribution in [3.05, 3.63) is 59.2 Å².